The Balaban J connectivity index is 1.46. The maximum atomic E-state index is 11.9. The summed E-state index contributed by atoms with van der Waals surface area (Å²) in [6, 6.07) is 0. The molecule has 2 rings (SSSR count). The number of ether oxygens (including phenoxy) is 1. The molecule has 2 heterocycles. The molecule has 1 aromatic rings. The van der Waals surface area contributed by atoms with E-state index in [0.717, 1.165) is 19.4 Å². The van der Waals surface area contributed by atoms with Crippen molar-refractivity contribution in [2.75, 3.05) is 6.61 Å². The lowest BCUT2D eigenvalue weighted by molar-refractivity contribution is -0.671. The molecule has 0 unspecified atom stereocenters. The maximum Gasteiger partial charge on any atom is 0.309 e. The standard InChI is InChI=1S/C29H53N2O2/c1-4-6-7-8-9-10-11-12-13-14-15-16-17-18-19-20-21-31-25-30(3)23-27(31)22-26-24-33-29(32)28(26)5-2/h23,25-26,28H,4-22,24H2,1-3H3/q+1/t26-,28+/m0/s1. The van der Waals surface area contributed by atoms with E-state index in [0.29, 0.717) is 12.5 Å². The number of aromatic nitrogens is 2. The Bertz CT molecular complexity index is 640. The van der Waals surface area contributed by atoms with Crippen LogP contribution in [0.5, 0.6) is 0 Å². The smallest absolute Gasteiger partial charge is 0.309 e. The van der Waals surface area contributed by atoms with Crippen LogP contribution in [0.2, 0.25) is 0 Å². The second-order valence-corrected chi connectivity index (χ2v) is 10.5. The lowest BCUT2D eigenvalue weighted by Gasteiger charge is -2.12. The molecule has 1 saturated heterocycles. The summed E-state index contributed by atoms with van der Waals surface area (Å²) in [7, 11) is 2.10. The van der Waals surface area contributed by atoms with Crippen LogP contribution in [0.3, 0.4) is 0 Å². The Labute approximate surface area is 204 Å². The van der Waals surface area contributed by atoms with Crippen molar-refractivity contribution in [1.82, 2.24) is 4.57 Å². The highest BCUT2D eigenvalue weighted by atomic mass is 16.5. The zero-order chi connectivity index (χ0) is 23.7. The number of hydrogen-bond acceptors (Lipinski definition) is 2. The van der Waals surface area contributed by atoms with Crippen LogP contribution < -0.4 is 4.57 Å². The first-order valence-electron chi connectivity index (χ1n) is 14.4. The lowest BCUT2D eigenvalue weighted by Crippen LogP contribution is -2.24. The molecule has 0 radical (unpaired) electrons. The molecule has 0 saturated carbocycles. The first-order chi connectivity index (χ1) is 16.2. The van der Waals surface area contributed by atoms with Gasteiger partial charge in [-0.1, -0.05) is 104 Å². The lowest BCUT2D eigenvalue weighted by atomic mass is 9.89. The predicted molar refractivity (Wildman–Crippen MR) is 137 cm³/mol. The summed E-state index contributed by atoms with van der Waals surface area (Å²) in [6.45, 7) is 6.07. The fourth-order valence-corrected chi connectivity index (χ4v) is 5.41. The molecule has 0 aliphatic carbocycles. The molecule has 190 valence electrons. The first kappa shape index (κ1) is 27.9. The third-order valence-electron chi connectivity index (χ3n) is 7.52. The maximum absolute atomic E-state index is 11.9. The number of rotatable bonds is 20. The minimum absolute atomic E-state index is 0.00258. The van der Waals surface area contributed by atoms with Crippen molar-refractivity contribution in [3.05, 3.63) is 18.2 Å². The van der Waals surface area contributed by atoms with Gasteiger partial charge in [0.1, 0.15) is 11.9 Å². The van der Waals surface area contributed by atoms with Gasteiger partial charge in [0.15, 0.2) is 0 Å². The second-order valence-electron chi connectivity index (χ2n) is 10.5. The van der Waals surface area contributed by atoms with Gasteiger partial charge in [-0.05, 0) is 19.3 Å². The third kappa shape index (κ3) is 11.1. The van der Waals surface area contributed by atoms with Crippen LogP contribution in [0.15, 0.2) is 12.5 Å². The fourth-order valence-electron chi connectivity index (χ4n) is 5.41. The van der Waals surface area contributed by atoms with Crippen molar-refractivity contribution in [1.29, 1.82) is 0 Å². The van der Waals surface area contributed by atoms with Crippen LogP contribution >= 0.6 is 0 Å². The van der Waals surface area contributed by atoms with Gasteiger partial charge in [-0.3, -0.25) is 4.79 Å². The summed E-state index contributed by atoms with van der Waals surface area (Å²) < 4.78 is 9.88. The second kappa shape index (κ2) is 17.2. The molecule has 1 aromatic heterocycles. The van der Waals surface area contributed by atoms with Crippen LogP contribution in [0.1, 0.15) is 129 Å². The summed E-state index contributed by atoms with van der Waals surface area (Å²) in [5, 5.41) is 0. The Morgan fingerprint density at radius 3 is 1.88 bits per heavy atom. The number of cyclic esters (lactones) is 1. The number of hydrogen-bond donors (Lipinski definition) is 0. The van der Waals surface area contributed by atoms with Gasteiger partial charge in [-0.15, -0.1) is 0 Å². The number of nitrogens with zero attached hydrogens (tertiary/aromatic N) is 2. The van der Waals surface area contributed by atoms with Gasteiger partial charge in [0.05, 0.1) is 26.1 Å². The van der Waals surface area contributed by atoms with E-state index in [1.165, 1.54) is 108 Å². The zero-order valence-corrected chi connectivity index (χ0v) is 22.2. The molecular weight excluding hydrogens is 408 g/mol. The first-order valence-corrected chi connectivity index (χ1v) is 14.4. The van der Waals surface area contributed by atoms with Gasteiger partial charge in [0.25, 0.3) is 0 Å². The molecule has 0 N–H and O–H groups in total. The van der Waals surface area contributed by atoms with Gasteiger partial charge >= 0.3 is 5.97 Å². The van der Waals surface area contributed by atoms with Crippen LogP contribution in [-0.2, 0) is 29.5 Å². The quantitative estimate of drug-likeness (QED) is 0.116. The van der Waals surface area contributed by atoms with Crippen molar-refractivity contribution < 1.29 is 14.1 Å². The Morgan fingerprint density at radius 2 is 1.36 bits per heavy atom. The number of aryl methyl sites for hydroxylation is 2. The highest BCUT2D eigenvalue weighted by molar-refractivity contribution is 5.74. The minimum Gasteiger partial charge on any atom is -0.465 e. The van der Waals surface area contributed by atoms with E-state index in [1.54, 1.807) is 0 Å². The molecule has 2 atom stereocenters. The van der Waals surface area contributed by atoms with Crippen LogP contribution in [0.4, 0.5) is 0 Å². The van der Waals surface area contributed by atoms with Crippen LogP contribution in [0, 0.1) is 11.8 Å². The summed E-state index contributed by atoms with van der Waals surface area (Å²) >= 11 is 0. The van der Waals surface area contributed by atoms with E-state index < -0.39 is 0 Å². The molecule has 1 aliphatic heterocycles. The average molecular weight is 462 g/mol. The number of carbonyl (C=O) groups excluding carboxylic acids is 1. The Kier molecular flexibility index (Phi) is 14.5. The van der Waals surface area contributed by atoms with Gasteiger partial charge in [-0.2, -0.15) is 0 Å². The van der Waals surface area contributed by atoms with Crippen molar-refractivity contribution >= 4 is 5.97 Å². The summed E-state index contributed by atoms with van der Waals surface area (Å²) in [5.41, 5.74) is 1.35. The number of unbranched alkanes of at least 4 members (excludes halogenated alkanes) is 15. The Hall–Kier alpha value is -1.32. The summed E-state index contributed by atoms with van der Waals surface area (Å²) in [5.74, 6) is 0.416. The summed E-state index contributed by atoms with van der Waals surface area (Å²) in [4.78, 5) is 11.9. The number of esters is 1. The minimum atomic E-state index is 0.00258. The summed E-state index contributed by atoms with van der Waals surface area (Å²) in [6.07, 6.45) is 28.8. The van der Waals surface area contributed by atoms with E-state index in [2.05, 4.69) is 42.6 Å². The number of imidazole rings is 1. The molecule has 1 aliphatic rings. The van der Waals surface area contributed by atoms with E-state index in [-0.39, 0.29) is 11.9 Å². The van der Waals surface area contributed by atoms with Gasteiger partial charge in [-0.25, -0.2) is 9.13 Å². The van der Waals surface area contributed by atoms with Crippen LogP contribution in [-0.4, -0.2) is 17.1 Å². The van der Waals surface area contributed by atoms with Crippen molar-refractivity contribution in [3.63, 3.8) is 0 Å². The van der Waals surface area contributed by atoms with Gasteiger partial charge < -0.3 is 4.74 Å². The van der Waals surface area contributed by atoms with Crippen molar-refractivity contribution in [2.45, 2.75) is 136 Å². The number of carbonyl (C=O) groups is 1. The largest absolute Gasteiger partial charge is 0.465 e. The van der Waals surface area contributed by atoms with E-state index in [4.69, 9.17) is 4.74 Å². The molecular formula is C29H53N2O2+. The van der Waals surface area contributed by atoms with E-state index in [9.17, 15) is 4.79 Å². The fraction of sp³-hybridized carbons (Fsp3) is 0.862. The molecule has 0 aromatic carbocycles. The average Bonchev–Trinajstić information content (AvgIpc) is 3.34. The van der Waals surface area contributed by atoms with Crippen LogP contribution in [0.25, 0.3) is 0 Å². The van der Waals surface area contributed by atoms with E-state index in [1.807, 2.05) is 0 Å². The van der Waals surface area contributed by atoms with Gasteiger partial charge in [0, 0.05) is 12.3 Å². The topological polar surface area (TPSA) is 35.1 Å². The normalized spacial score (nSPS) is 18.2. The Morgan fingerprint density at radius 1 is 0.848 bits per heavy atom. The van der Waals surface area contributed by atoms with Crippen molar-refractivity contribution in [3.8, 4) is 0 Å². The third-order valence-corrected chi connectivity index (χ3v) is 7.52. The van der Waals surface area contributed by atoms with E-state index >= 15 is 0 Å². The molecule has 4 nitrogen and oxygen atoms in total. The molecule has 1 fully saturated rings. The van der Waals surface area contributed by atoms with Crippen molar-refractivity contribution in [2.24, 2.45) is 18.9 Å². The van der Waals surface area contributed by atoms with Gasteiger partial charge in [0.2, 0.25) is 6.33 Å². The molecule has 0 amide bonds. The SMILES string of the molecule is CCCCCCCCCCCCCCCCCCn1c[n+](C)cc1C[C@H]1COC(=O)[C@@H]1CC. The monoisotopic (exact) mass is 461 g/mol. The zero-order valence-electron chi connectivity index (χ0n) is 22.2. The molecule has 33 heavy (non-hydrogen) atoms. The highest BCUT2D eigenvalue weighted by Gasteiger charge is 2.36. The highest BCUT2D eigenvalue weighted by Crippen LogP contribution is 2.28. The molecule has 0 bridgehead atoms. The molecule has 0 spiro atoms. The molecule has 4 heteroatoms. The predicted octanol–water partition coefficient (Wildman–Crippen LogP) is 7.32.